The van der Waals surface area contributed by atoms with Gasteiger partial charge in [0.15, 0.2) is 11.5 Å². The zero-order chi connectivity index (χ0) is 18.0. The van der Waals surface area contributed by atoms with Crippen LogP contribution in [-0.4, -0.2) is 66.8 Å². The fourth-order valence-electron chi connectivity index (χ4n) is 5.98. The van der Waals surface area contributed by atoms with Gasteiger partial charge in [0.05, 0.1) is 6.04 Å². The van der Waals surface area contributed by atoms with Crippen LogP contribution in [-0.2, 0) is 4.79 Å². The van der Waals surface area contributed by atoms with Crippen LogP contribution in [0.3, 0.4) is 0 Å². The number of likely N-dealkylation sites (tertiary alicyclic amines) is 1. The summed E-state index contributed by atoms with van der Waals surface area (Å²) in [4.78, 5) is 18.1. The highest BCUT2D eigenvalue weighted by Gasteiger charge is 2.55. The third-order valence-corrected chi connectivity index (χ3v) is 7.23. The number of hydrogen-bond acceptors (Lipinski definition) is 6. The van der Waals surface area contributed by atoms with Gasteiger partial charge in [-0.15, -0.1) is 0 Å². The Morgan fingerprint density at radius 1 is 1.07 bits per heavy atom. The molecule has 0 radical (unpaired) electrons. The number of benzene rings is 1. The molecular formula is C20H26N4O3. The van der Waals surface area contributed by atoms with E-state index in [-0.39, 0.29) is 11.9 Å². The number of ether oxygens (including phenoxy) is 2. The molecule has 2 N–H and O–H groups in total. The van der Waals surface area contributed by atoms with Gasteiger partial charge in [0.2, 0.25) is 12.7 Å². The fraction of sp³-hybridized carbons (Fsp3) is 0.650. The van der Waals surface area contributed by atoms with Crippen LogP contribution in [0.25, 0.3) is 0 Å². The molecule has 27 heavy (non-hydrogen) atoms. The minimum atomic E-state index is -0.0865. The molecule has 7 heteroatoms. The van der Waals surface area contributed by atoms with Crippen LogP contribution in [0.5, 0.6) is 11.5 Å². The normalized spacial score (nSPS) is 39.0. The van der Waals surface area contributed by atoms with Gasteiger partial charge in [-0.25, -0.2) is 5.43 Å². The van der Waals surface area contributed by atoms with Crippen molar-refractivity contribution in [2.45, 2.75) is 43.3 Å². The van der Waals surface area contributed by atoms with Gasteiger partial charge in [-0.05, 0) is 56.0 Å². The number of rotatable bonds is 2. The largest absolute Gasteiger partial charge is 0.454 e. The van der Waals surface area contributed by atoms with E-state index in [1.165, 1.54) is 18.4 Å². The zero-order valence-electron chi connectivity index (χ0n) is 15.4. The van der Waals surface area contributed by atoms with Crippen molar-refractivity contribution in [3.8, 4) is 11.5 Å². The van der Waals surface area contributed by atoms with E-state index in [0.29, 0.717) is 30.7 Å². The van der Waals surface area contributed by atoms with Gasteiger partial charge in [-0.2, -0.15) is 0 Å². The number of fused-ring (bicyclic) bond motifs is 3. The van der Waals surface area contributed by atoms with Crippen molar-refractivity contribution in [3.05, 3.63) is 23.8 Å². The van der Waals surface area contributed by atoms with Crippen molar-refractivity contribution >= 4 is 5.91 Å². The average molecular weight is 370 g/mol. The lowest BCUT2D eigenvalue weighted by molar-refractivity contribution is -0.138. The Morgan fingerprint density at radius 3 is 2.74 bits per heavy atom. The van der Waals surface area contributed by atoms with E-state index in [1.807, 2.05) is 6.07 Å². The summed E-state index contributed by atoms with van der Waals surface area (Å²) in [5.74, 6) is 2.91. The van der Waals surface area contributed by atoms with Crippen LogP contribution in [0.15, 0.2) is 18.2 Å². The summed E-state index contributed by atoms with van der Waals surface area (Å²) in [6.07, 6.45) is 3.31. The Kier molecular flexibility index (Phi) is 3.64. The molecule has 7 rings (SSSR count). The van der Waals surface area contributed by atoms with Gasteiger partial charge in [-0.3, -0.25) is 15.1 Å². The summed E-state index contributed by atoms with van der Waals surface area (Å²) in [7, 11) is 0. The number of hydrazine groups is 1. The van der Waals surface area contributed by atoms with Gasteiger partial charge < -0.3 is 14.4 Å². The molecule has 1 unspecified atom stereocenters. The lowest BCUT2D eigenvalue weighted by atomic mass is 9.75. The zero-order valence-corrected chi connectivity index (χ0v) is 15.4. The number of nitrogens with one attached hydrogen (secondary N) is 2. The molecule has 2 bridgehead atoms. The molecule has 6 aliphatic rings. The topological polar surface area (TPSA) is 66.1 Å². The first kappa shape index (κ1) is 16.2. The molecule has 1 aromatic carbocycles. The van der Waals surface area contributed by atoms with Crippen LogP contribution >= 0.6 is 0 Å². The minimum Gasteiger partial charge on any atom is -0.454 e. The van der Waals surface area contributed by atoms with E-state index >= 15 is 0 Å². The quantitative estimate of drug-likeness (QED) is 0.798. The summed E-state index contributed by atoms with van der Waals surface area (Å²) in [5.41, 5.74) is 7.56. The Hall–Kier alpha value is -1.83. The van der Waals surface area contributed by atoms with E-state index in [4.69, 9.17) is 9.47 Å². The van der Waals surface area contributed by atoms with Crippen molar-refractivity contribution in [3.63, 3.8) is 0 Å². The Morgan fingerprint density at radius 2 is 1.93 bits per heavy atom. The van der Waals surface area contributed by atoms with Crippen LogP contribution in [0, 0.1) is 5.92 Å². The molecule has 4 atom stereocenters. The van der Waals surface area contributed by atoms with E-state index in [2.05, 4.69) is 32.8 Å². The van der Waals surface area contributed by atoms with Crippen LogP contribution in [0.2, 0.25) is 0 Å². The van der Waals surface area contributed by atoms with Crippen LogP contribution < -0.4 is 20.3 Å². The van der Waals surface area contributed by atoms with Gasteiger partial charge >= 0.3 is 0 Å². The van der Waals surface area contributed by atoms with E-state index in [9.17, 15) is 4.79 Å². The van der Waals surface area contributed by atoms with Crippen molar-refractivity contribution in [2.75, 3.05) is 33.0 Å². The standard InChI is InChI=1S/C20H26N4O3/c25-20(15-3-6-21-22-15)24-10-14(13-1-2-16-17(9-13)27-11-26-16)19-18(24)12-4-7-23(19)8-5-12/h1-2,9,12,14-15,18-19,21-22H,3-8,10-11H2/t14-,15?,18-,19-/m1/s1. The first-order valence-corrected chi connectivity index (χ1v) is 10.2. The van der Waals surface area contributed by atoms with Gasteiger partial charge in [-0.1, -0.05) is 6.07 Å². The highest BCUT2D eigenvalue weighted by Crippen LogP contribution is 2.48. The number of piperidine rings is 3. The van der Waals surface area contributed by atoms with Gasteiger partial charge in [0, 0.05) is 25.0 Å². The highest BCUT2D eigenvalue weighted by atomic mass is 16.7. The second kappa shape index (κ2) is 6.09. The molecule has 0 spiro atoms. The second-order valence-electron chi connectivity index (χ2n) is 8.48. The van der Waals surface area contributed by atoms with Crippen molar-refractivity contribution in [1.29, 1.82) is 0 Å². The maximum atomic E-state index is 13.3. The van der Waals surface area contributed by atoms with Crippen LogP contribution in [0.4, 0.5) is 0 Å². The summed E-state index contributed by atoms with van der Waals surface area (Å²) in [5, 5.41) is 0. The van der Waals surface area contributed by atoms with Gasteiger partial charge in [0.1, 0.15) is 6.04 Å². The summed E-state index contributed by atoms with van der Waals surface area (Å²) in [6.45, 7) is 4.30. The fourth-order valence-corrected chi connectivity index (χ4v) is 5.98. The third kappa shape index (κ3) is 2.41. The number of carbonyl (C=O) groups excluding carboxylic acids is 1. The lowest BCUT2D eigenvalue weighted by Crippen LogP contribution is -2.62. The molecule has 6 heterocycles. The van der Waals surface area contributed by atoms with Gasteiger partial charge in [0.25, 0.3) is 0 Å². The molecular weight excluding hydrogens is 344 g/mol. The summed E-state index contributed by atoms with van der Waals surface area (Å²) in [6, 6.07) is 7.01. The Bertz CT molecular complexity index is 758. The maximum Gasteiger partial charge on any atom is 0.241 e. The first-order chi connectivity index (χ1) is 13.3. The predicted octanol–water partition coefficient (Wildman–Crippen LogP) is 0.670. The first-order valence-electron chi connectivity index (χ1n) is 10.2. The number of hydrogen-bond donors (Lipinski definition) is 2. The molecule has 7 nitrogen and oxygen atoms in total. The van der Waals surface area contributed by atoms with Crippen molar-refractivity contribution in [2.24, 2.45) is 5.92 Å². The van der Waals surface area contributed by atoms with E-state index < -0.39 is 0 Å². The molecule has 0 aromatic heterocycles. The molecule has 6 aliphatic heterocycles. The summed E-state index contributed by atoms with van der Waals surface area (Å²) < 4.78 is 11.1. The molecule has 144 valence electrons. The minimum absolute atomic E-state index is 0.0865. The SMILES string of the molecule is O=C(C1CCNN1)N1C[C@H](c2ccc3c(c2)OCO3)[C@@H]2[C@H]1C1CCN2CC1. The third-order valence-electron chi connectivity index (χ3n) is 7.23. The maximum absolute atomic E-state index is 13.3. The molecule has 0 saturated carbocycles. The monoisotopic (exact) mass is 370 g/mol. The van der Waals surface area contributed by atoms with Crippen LogP contribution in [0.1, 0.15) is 30.7 Å². The average Bonchev–Trinajstić information content (AvgIpc) is 3.47. The highest BCUT2D eigenvalue weighted by molar-refractivity contribution is 5.83. The molecule has 5 saturated heterocycles. The van der Waals surface area contributed by atoms with E-state index in [0.717, 1.165) is 44.1 Å². The Labute approximate surface area is 158 Å². The smallest absolute Gasteiger partial charge is 0.241 e. The number of carbonyl (C=O) groups is 1. The van der Waals surface area contributed by atoms with E-state index in [1.54, 1.807) is 0 Å². The molecule has 1 amide bonds. The predicted molar refractivity (Wildman–Crippen MR) is 98.4 cm³/mol. The number of amides is 1. The van der Waals surface area contributed by atoms with Crippen molar-refractivity contribution in [1.82, 2.24) is 20.7 Å². The molecule has 5 fully saturated rings. The Balaban J connectivity index is 1.35. The molecule has 1 aromatic rings. The molecule has 0 aliphatic carbocycles. The summed E-state index contributed by atoms with van der Waals surface area (Å²) >= 11 is 0. The number of nitrogens with zero attached hydrogens (tertiary/aromatic N) is 2. The van der Waals surface area contributed by atoms with Crippen molar-refractivity contribution < 1.29 is 14.3 Å². The lowest BCUT2D eigenvalue weighted by Gasteiger charge is -2.51. The second-order valence-corrected chi connectivity index (χ2v) is 8.48.